The fraction of sp³-hybridized carbons (Fsp3) is 0.125. The molecule has 0 saturated carbocycles. The summed E-state index contributed by atoms with van der Waals surface area (Å²) in [6.45, 7) is 2.52. The van der Waals surface area contributed by atoms with E-state index in [-0.39, 0.29) is 0 Å². The van der Waals surface area contributed by atoms with Crippen molar-refractivity contribution in [2.45, 2.75) is 13.5 Å². The lowest BCUT2D eigenvalue weighted by Gasteiger charge is -2.00. The third kappa shape index (κ3) is 1.98. The van der Waals surface area contributed by atoms with E-state index in [1.165, 1.54) is 0 Å². The Bertz CT molecular complexity index is 666. The highest BCUT2D eigenvalue weighted by Crippen LogP contribution is 2.32. The van der Waals surface area contributed by atoms with Gasteiger partial charge >= 0.3 is 0 Å². The quantitative estimate of drug-likeness (QED) is 0.775. The monoisotopic (exact) mass is 252 g/mol. The van der Waals surface area contributed by atoms with Gasteiger partial charge in [-0.05, 0) is 19.1 Å². The molecule has 0 spiro atoms. The van der Waals surface area contributed by atoms with E-state index >= 15 is 0 Å². The van der Waals surface area contributed by atoms with Crippen molar-refractivity contribution < 1.29 is 4.42 Å². The van der Waals surface area contributed by atoms with Gasteiger partial charge in [0, 0.05) is 35.6 Å². The maximum Gasteiger partial charge on any atom is 0.209 e. The van der Waals surface area contributed by atoms with Crippen LogP contribution in [0.2, 0.25) is 0 Å². The normalized spacial score (nSPS) is 10.8. The first-order valence-corrected chi connectivity index (χ1v) is 6.32. The van der Waals surface area contributed by atoms with Crippen LogP contribution in [0.1, 0.15) is 11.1 Å². The molecule has 3 nitrogen and oxygen atoms in total. The maximum atomic E-state index is 6.05. The van der Waals surface area contributed by atoms with Crippen molar-refractivity contribution in [3.05, 3.63) is 66.0 Å². The molecule has 96 valence electrons. The van der Waals surface area contributed by atoms with Gasteiger partial charge in [-0.15, -0.1) is 0 Å². The van der Waals surface area contributed by atoms with Crippen LogP contribution >= 0.6 is 0 Å². The first kappa shape index (κ1) is 11.8. The lowest BCUT2D eigenvalue weighted by atomic mass is 10.1. The van der Waals surface area contributed by atoms with Gasteiger partial charge in [-0.25, -0.2) is 0 Å². The fourth-order valence-electron chi connectivity index (χ4n) is 2.32. The van der Waals surface area contributed by atoms with Crippen LogP contribution in [0.4, 0.5) is 0 Å². The minimum Gasteiger partial charge on any atom is -0.439 e. The van der Waals surface area contributed by atoms with Crippen LogP contribution in [0.3, 0.4) is 0 Å². The number of furan rings is 1. The molecule has 3 rings (SSSR count). The molecule has 0 aliphatic carbocycles. The molecule has 0 amide bonds. The van der Waals surface area contributed by atoms with E-state index in [4.69, 9.17) is 10.2 Å². The van der Waals surface area contributed by atoms with Gasteiger partial charge in [-0.2, -0.15) is 0 Å². The number of nitrogens with zero attached hydrogens (tertiary/aromatic N) is 1. The van der Waals surface area contributed by atoms with Crippen molar-refractivity contribution in [3.63, 3.8) is 0 Å². The first-order valence-electron chi connectivity index (χ1n) is 6.32. The molecule has 3 aromatic rings. The third-order valence-corrected chi connectivity index (χ3v) is 3.33. The van der Waals surface area contributed by atoms with Gasteiger partial charge in [0.25, 0.3) is 0 Å². The number of hydrogen-bond acceptors (Lipinski definition) is 2. The lowest BCUT2D eigenvalue weighted by Crippen LogP contribution is -2.01. The van der Waals surface area contributed by atoms with Crippen LogP contribution in [0.15, 0.2) is 59.3 Å². The predicted molar refractivity (Wildman–Crippen MR) is 76.1 cm³/mol. The Labute approximate surface area is 112 Å². The highest BCUT2D eigenvalue weighted by molar-refractivity contribution is 5.65. The van der Waals surface area contributed by atoms with E-state index in [1.807, 2.05) is 59.4 Å². The lowest BCUT2D eigenvalue weighted by molar-refractivity contribution is 0.547. The fourth-order valence-corrected chi connectivity index (χ4v) is 2.32. The van der Waals surface area contributed by atoms with Gasteiger partial charge in [-0.3, -0.25) is 4.57 Å². The summed E-state index contributed by atoms with van der Waals surface area (Å²) in [6.07, 6.45) is 3.93. The van der Waals surface area contributed by atoms with Gasteiger partial charge < -0.3 is 10.2 Å². The minimum absolute atomic E-state index is 0.468. The number of hydrogen-bond donors (Lipinski definition) is 1. The number of rotatable bonds is 3. The van der Waals surface area contributed by atoms with Crippen molar-refractivity contribution in [1.82, 2.24) is 4.57 Å². The molecule has 19 heavy (non-hydrogen) atoms. The van der Waals surface area contributed by atoms with Crippen molar-refractivity contribution in [2.75, 3.05) is 0 Å². The average molecular weight is 252 g/mol. The number of benzene rings is 1. The zero-order valence-electron chi connectivity index (χ0n) is 10.8. The van der Waals surface area contributed by atoms with Gasteiger partial charge in [0.1, 0.15) is 5.76 Å². The molecule has 2 aromatic heterocycles. The zero-order valence-corrected chi connectivity index (χ0v) is 10.8. The second-order valence-electron chi connectivity index (χ2n) is 4.50. The van der Waals surface area contributed by atoms with Gasteiger partial charge in [0.15, 0.2) is 0 Å². The summed E-state index contributed by atoms with van der Waals surface area (Å²) in [5.74, 6) is 1.70. The highest BCUT2D eigenvalue weighted by Gasteiger charge is 2.17. The maximum absolute atomic E-state index is 6.05. The van der Waals surface area contributed by atoms with E-state index in [0.29, 0.717) is 6.54 Å². The molecule has 0 aliphatic rings. The summed E-state index contributed by atoms with van der Waals surface area (Å²) in [6, 6.07) is 14.1. The minimum atomic E-state index is 0.468. The second kappa shape index (κ2) is 4.78. The Balaban J connectivity index is 2.18. The first-order chi connectivity index (χ1) is 9.31. The Morgan fingerprint density at radius 3 is 2.37 bits per heavy atom. The average Bonchev–Trinajstić information content (AvgIpc) is 3.07. The zero-order chi connectivity index (χ0) is 13.2. The molecule has 0 aliphatic heterocycles. The summed E-state index contributed by atoms with van der Waals surface area (Å²) in [5.41, 5.74) is 9.11. The second-order valence-corrected chi connectivity index (χ2v) is 4.50. The van der Waals surface area contributed by atoms with E-state index < -0.39 is 0 Å². The Morgan fingerprint density at radius 1 is 1.05 bits per heavy atom. The van der Waals surface area contributed by atoms with Crippen molar-refractivity contribution in [2.24, 2.45) is 5.73 Å². The van der Waals surface area contributed by atoms with E-state index in [1.54, 1.807) is 0 Å². The molecule has 2 heterocycles. The molecular weight excluding hydrogens is 236 g/mol. The van der Waals surface area contributed by atoms with E-state index in [2.05, 4.69) is 6.92 Å². The van der Waals surface area contributed by atoms with Crippen molar-refractivity contribution >= 4 is 0 Å². The summed E-state index contributed by atoms with van der Waals surface area (Å²) in [5, 5.41) is 0. The van der Waals surface area contributed by atoms with Crippen LogP contribution in [0.25, 0.3) is 17.2 Å². The van der Waals surface area contributed by atoms with E-state index in [0.717, 1.165) is 28.3 Å². The summed E-state index contributed by atoms with van der Waals surface area (Å²) in [4.78, 5) is 0. The SMILES string of the molecule is Cc1c(-c2ccccc2)oc(-n2cccc2)c1CN. The van der Waals surface area contributed by atoms with Crippen LogP contribution in [-0.4, -0.2) is 4.57 Å². The van der Waals surface area contributed by atoms with Crippen LogP contribution in [0, 0.1) is 6.92 Å². The standard InChI is InChI=1S/C16H16N2O/c1-12-14(11-17)16(18-9-5-6-10-18)19-15(12)13-7-3-2-4-8-13/h2-10H,11,17H2,1H3. The topological polar surface area (TPSA) is 44.1 Å². The summed E-state index contributed by atoms with van der Waals surface area (Å²) >= 11 is 0. The summed E-state index contributed by atoms with van der Waals surface area (Å²) < 4.78 is 8.01. The molecule has 0 radical (unpaired) electrons. The number of nitrogens with two attached hydrogens (primary N) is 1. The van der Waals surface area contributed by atoms with Crippen molar-refractivity contribution in [3.8, 4) is 17.2 Å². The Morgan fingerprint density at radius 2 is 1.74 bits per heavy atom. The molecule has 0 bridgehead atoms. The molecule has 2 N–H and O–H groups in total. The molecule has 0 saturated heterocycles. The molecule has 1 aromatic carbocycles. The van der Waals surface area contributed by atoms with Crippen LogP contribution < -0.4 is 5.73 Å². The largest absolute Gasteiger partial charge is 0.439 e. The Hall–Kier alpha value is -2.26. The van der Waals surface area contributed by atoms with Crippen LogP contribution in [0.5, 0.6) is 0 Å². The highest BCUT2D eigenvalue weighted by atomic mass is 16.4. The van der Waals surface area contributed by atoms with Crippen molar-refractivity contribution in [1.29, 1.82) is 0 Å². The molecule has 3 heteroatoms. The van der Waals surface area contributed by atoms with Gasteiger partial charge in [0.05, 0.1) is 0 Å². The molecule has 0 fully saturated rings. The molecule has 0 unspecified atom stereocenters. The van der Waals surface area contributed by atoms with Gasteiger partial charge in [0.2, 0.25) is 5.88 Å². The predicted octanol–water partition coefficient (Wildman–Crippen LogP) is 3.50. The third-order valence-electron chi connectivity index (χ3n) is 3.33. The molecular formula is C16H16N2O. The van der Waals surface area contributed by atoms with Gasteiger partial charge in [-0.1, -0.05) is 30.3 Å². The summed E-state index contributed by atoms with van der Waals surface area (Å²) in [7, 11) is 0. The van der Waals surface area contributed by atoms with Crippen LogP contribution in [-0.2, 0) is 6.54 Å². The number of aromatic nitrogens is 1. The smallest absolute Gasteiger partial charge is 0.209 e. The molecule has 0 atom stereocenters. The Kier molecular flexibility index (Phi) is 2.97. The van der Waals surface area contributed by atoms with E-state index in [9.17, 15) is 0 Å².